The van der Waals surface area contributed by atoms with Crippen LogP contribution in [-0.4, -0.2) is 106 Å². The van der Waals surface area contributed by atoms with Crippen LogP contribution < -0.4 is 36.1 Å². The number of unbranched alkanes of at least 4 members (excludes halogenated alkanes) is 5. The Morgan fingerprint density at radius 1 is 0.781 bits per heavy atom. The van der Waals surface area contributed by atoms with Gasteiger partial charge in [-0.05, 0) is 113 Å². The van der Waals surface area contributed by atoms with Crippen molar-refractivity contribution in [3.63, 3.8) is 0 Å². The molecule has 2 aliphatic heterocycles. The van der Waals surface area contributed by atoms with E-state index in [0.717, 1.165) is 82.8 Å². The summed E-state index contributed by atoms with van der Waals surface area (Å²) in [7, 11) is 0. The van der Waals surface area contributed by atoms with Gasteiger partial charge in [0.15, 0.2) is 13.2 Å². The van der Waals surface area contributed by atoms with Crippen molar-refractivity contribution in [1.82, 2.24) is 41.6 Å². The number of benzene rings is 2. The maximum absolute atomic E-state index is 12.8. The van der Waals surface area contributed by atoms with Gasteiger partial charge in [-0.1, -0.05) is 41.3 Å². The van der Waals surface area contributed by atoms with Crippen molar-refractivity contribution < 1.29 is 38.2 Å². The van der Waals surface area contributed by atoms with Gasteiger partial charge in [0, 0.05) is 59.6 Å². The van der Waals surface area contributed by atoms with E-state index in [9.17, 15) is 24.0 Å². The van der Waals surface area contributed by atoms with Gasteiger partial charge >= 0.3 is 12.0 Å². The predicted molar refractivity (Wildman–Crippen MR) is 245 cm³/mol. The molecule has 0 bridgehead atoms. The Morgan fingerprint density at radius 2 is 1.47 bits per heavy atom. The summed E-state index contributed by atoms with van der Waals surface area (Å²) in [5.41, 5.74) is 1.21. The molecule has 3 heterocycles. The highest BCUT2D eigenvalue weighted by Gasteiger charge is 2.42. The van der Waals surface area contributed by atoms with Crippen LogP contribution in [0.15, 0.2) is 48.7 Å². The molecule has 1 aliphatic carbocycles. The molecule has 3 atom stereocenters. The zero-order chi connectivity index (χ0) is 45.1. The largest absolute Gasteiger partial charge is 0.484 e. The number of hydrogen-bond donors (Lipinski definition) is 5. The molecule has 0 spiro atoms. The summed E-state index contributed by atoms with van der Waals surface area (Å²) in [6, 6.07) is 12.4. The number of nitrogens with zero attached hydrogens (tertiary/aromatic N) is 3. The maximum atomic E-state index is 12.8. The summed E-state index contributed by atoms with van der Waals surface area (Å²) < 4.78 is 18.5. The van der Waals surface area contributed by atoms with Gasteiger partial charge in [-0.15, -0.1) is 5.10 Å². The number of amides is 5. The van der Waals surface area contributed by atoms with E-state index in [1.807, 2.05) is 18.0 Å². The number of fused-ring (bicyclic) bond motifs is 1. The Hall–Kier alpha value is -4.74. The fourth-order valence-corrected chi connectivity index (χ4v) is 9.93. The molecule has 2 saturated heterocycles. The lowest BCUT2D eigenvalue weighted by Gasteiger charge is -2.29. The van der Waals surface area contributed by atoms with Gasteiger partial charge in [0.25, 0.3) is 11.8 Å². The number of carbonyl (C=O) groups is 5. The number of urea groups is 1. The second-order valence-corrected chi connectivity index (χ2v) is 18.6. The van der Waals surface area contributed by atoms with Crippen molar-refractivity contribution in [1.29, 1.82) is 0 Å². The van der Waals surface area contributed by atoms with Crippen molar-refractivity contribution in [3.05, 3.63) is 58.7 Å². The Labute approximate surface area is 388 Å². The number of hydrogen-bond acceptors (Lipinski definition) is 11. The molecule has 64 heavy (non-hydrogen) atoms. The third-order valence-electron chi connectivity index (χ3n) is 11.5. The molecule has 348 valence electrons. The predicted octanol–water partition coefficient (Wildman–Crippen LogP) is 6.37. The van der Waals surface area contributed by atoms with Crippen LogP contribution in [0.2, 0.25) is 10.0 Å². The molecule has 3 aromatic rings. The highest BCUT2D eigenvalue weighted by Crippen LogP contribution is 2.33. The van der Waals surface area contributed by atoms with Crippen LogP contribution in [0.5, 0.6) is 11.5 Å². The number of ether oxygens (including phenoxy) is 3. The molecule has 3 fully saturated rings. The molecule has 5 amide bonds. The van der Waals surface area contributed by atoms with Crippen LogP contribution >= 0.6 is 35.0 Å². The molecule has 1 saturated carbocycles. The summed E-state index contributed by atoms with van der Waals surface area (Å²) in [6.45, 7) is 1.38. The van der Waals surface area contributed by atoms with Crippen molar-refractivity contribution >= 4 is 64.7 Å². The summed E-state index contributed by atoms with van der Waals surface area (Å²) in [4.78, 5) is 61.1. The van der Waals surface area contributed by atoms with E-state index in [1.165, 1.54) is 0 Å². The van der Waals surface area contributed by atoms with E-state index in [-0.39, 0.29) is 67.1 Å². The number of carbonyl (C=O) groups excluding carboxylic acids is 5. The topological polar surface area (TPSA) is 204 Å². The Balaban J connectivity index is 0.754. The molecule has 1 aromatic heterocycles. The minimum atomic E-state index is -0.231. The van der Waals surface area contributed by atoms with Gasteiger partial charge in [-0.3, -0.25) is 23.9 Å². The number of aromatic nitrogens is 3. The van der Waals surface area contributed by atoms with Gasteiger partial charge in [-0.2, -0.15) is 11.8 Å². The van der Waals surface area contributed by atoms with Gasteiger partial charge in [0.1, 0.15) is 17.2 Å². The number of halogens is 2. The van der Waals surface area contributed by atoms with E-state index >= 15 is 0 Å². The highest BCUT2D eigenvalue weighted by molar-refractivity contribution is 8.00. The summed E-state index contributed by atoms with van der Waals surface area (Å²) in [5, 5.41) is 25.0. The van der Waals surface area contributed by atoms with Gasteiger partial charge in [0.2, 0.25) is 5.91 Å². The van der Waals surface area contributed by atoms with Gasteiger partial charge in [0.05, 0.1) is 29.9 Å². The number of esters is 1. The first-order valence-electron chi connectivity index (χ1n) is 22.5. The van der Waals surface area contributed by atoms with E-state index in [0.29, 0.717) is 77.0 Å². The SMILES string of the molecule is O=C(CCCC[C@H]1SC[C@@H]2NC(=O)N[C@@H]21)NCCCCCOC(=O)CCCCCn1cc(-c2cc(OCC(=O)N[C@H]3CC[C@H](NC(=O)COc4ccc(Cl)cc4)CC3)ccc2Cl)nn1. The monoisotopic (exact) mass is 942 g/mol. The molecular weight excluding hydrogens is 884 g/mol. The second-order valence-electron chi connectivity index (χ2n) is 16.5. The molecular formula is C45H60Cl2N8O8S. The zero-order valence-electron chi connectivity index (χ0n) is 36.1. The van der Waals surface area contributed by atoms with Gasteiger partial charge < -0.3 is 40.8 Å². The van der Waals surface area contributed by atoms with Crippen LogP contribution in [-0.2, 0) is 30.5 Å². The smallest absolute Gasteiger partial charge is 0.315 e. The van der Waals surface area contributed by atoms with Crippen LogP contribution in [0.1, 0.15) is 96.3 Å². The first-order valence-corrected chi connectivity index (χ1v) is 24.3. The first kappa shape index (κ1) is 48.7. The fraction of sp³-hybridized carbons (Fsp3) is 0.578. The van der Waals surface area contributed by atoms with Crippen molar-refractivity contribution in [2.75, 3.05) is 32.1 Å². The molecule has 6 rings (SSSR count). The lowest BCUT2D eigenvalue weighted by molar-refractivity contribution is -0.144. The molecule has 3 aliphatic rings. The molecule has 19 heteroatoms. The molecule has 2 aromatic carbocycles. The van der Waals surface area contributed by atoms with E-state index in [1.54, 1.807) is 47.1 Å². The van der Waals surface area contributed by atoms with E-state index < -0.39 is 0 Å². The number of aryl methyl sites for hydroxylation is 1. The Bertz CT molecular complexity index is 2000. The van der Waals surface area contributed by atoms with Crippen LogP contribution in [0.3, 0.4) is 0 Å². The van der Waals surface area contributed by atoms with E-state index in [4.69, 9.17) is 37.4 Å². The lowest BCUT2D eigenvalue weighted by atomic mass is 9.91. The Morgan fingerprint density at radius 3 is 2.22 bits per heavy atom. The average Bonchev–Trinajstić information content (AvgIpc) is 4.01. The molecule has 16 nitrogen and oxygen atoms in total. The minimum absolute atomic E-state index is 0.00532. The van der Waals surface area contributed by atoms with Crippen molar-refractivity contribution in [2.45, 2.75) is 132 Å². The lowest BCUT2D eigenvalue weighted by Crippen LogP contribution is -2.45. The summed E-state index contributed by atoms with van der Waals surface area (Å²) in [6.07, 6.45) is 13.3. The number of thioether (sulfide) groups is 1. The van der Waals surface area contributed by atoms with E-state index in [2.05, 4.69) is 36.9 Å². The third kappa shape index (κ3) is 16.4. The molecule has 5 N–H and O–H groups in total. The molecule has 0 unspecified atom stereocenters. The molecule has 0 radical (unpaired) electrons. The maximum Gasteiger partial charge on any atom is 0.315 e. The second kappa shape index (κ2) is 25.7. The van der Waals surface area contributed by atoms with Crippen LogP contribution in [0.25, 0.3) is 11.3 Å². The zero-order valence-corrected chi connectivity index (χ0v) is 38.5. The minimum Gasteiger partial charge on any atom is -0.484 e. The number of rotatable bonds is 26. The fourth-order valence-electron chi connectivity index (χ4n) is 8.04. The Kier molecular flexibility index (Phi) is 19.5. The summed E-state index contributed by atoms with van der Waals surface area (Å²) >= 11 is 14.3. The standard InChI is InChI=1S/C45H60Cl2N8O8S/c46-30-12-18-33(19-13-30)62-27-41(57)49-31-14-16-32(17-15-31)50-42(58)28-63-34-20-21-36(47)35(25-34)37-26-55(54-53-37)23-7-1-3-11-43(59)61-24-8-2-6-22-48-40(56)10-5-4-9-39-44-38(29-64-39)51-45(60)52-44/h12-13,18-21,25-26,31-32,38-39,44H,1-11,14-17,22-24,27-29H2,(H,48,56)(H,49,57)(H,50,58)(H2,51,52,60)/t31-,32-,38-,39+,44-/m0/s1. The third-order valence-corrected chi connectivity index (χ3v) is 13.6. The quantitative estimate of drug-likeness (QED) is 0.0340. The normalized spacial score (nSPS) is 20.1. The van der Waals surface area contributed by atoms with Crippen LogP contribution in [0.4, 0.5) is 4.79 Å². The summed E-state index contributed by atoms with van der Waals surface area (Å²) in [5.74, 6) is 1.44. The van der Waals surface area contributed by atoms with Gasteiger partial charge in [-0.25, -0.2) is 4.79 Å². The van der Waals surface area contributed by atoms with Crippen LogP contribution in [0, 0.1) is 0 Å². The van der Waals surface area contributed by atoms with Crippen molar-refractivity contribution in [2.24, 2.45) is 0 Å². The first-order chi connectivity index (χ1) is 31.1. The average molecular weight is 944 g/mol. The van der Waals surface area contributed by atoms with Crippen molar-refractivity contribution in [3.8, 4) is 22.8 Å². The highest BCUT2D eigenvalue weighted by atomic mass is 35.5. The number of nitrogens with one attached hydrogen (secondary N) is 5.